The number of phosphoric acid groups is 1. The summed E-state index contributed by atoms with van der Waals surface area (Å²) in [5, 5.41) is 36.8. The van der Waals surface area contributed by atoms with Crippen molar-refractivity contribution in [3.8, 4) is 6.07 Å². The predicted octanol–water partition coefficient (Wildman–Crippen LogP) is 6.90. The van der Waals surface area contributed by atoms with E-state index >= 15 is 0 Å². The van der Waals surface area contributed by atoms with Crippen molar-refractivity contribution >= 4 is 19.2 Å². The molecule has 5 rings (SSSR count). The molecule has 1 saturated carbocycles. The van der Waals surface area contributed by atoms with Crippen molar-refractivity contribution in [2.45, 2.75) is 152 Å². The van der Waals surface area contributed by atoms with Crippen LogP contribution in [0.4, 0.5) is 5.82 Å². The van der Waals surface area contributed by atoms with Gasteiger partial charge in [0.05, 0.1) is 25.5 Å². The van der Waals surface area contributed by atoms with Crippen LogP contribution in [0, 0.1) is 11.3 Å². The molecule has 2 aliphatic rings. The van der Waals surface area contributed by atoms with Crippen LogP contribution < -0.4 is 5.73 Å². The summed E-state index contributed by atoms with van der Waals surface area (Å²) in [6, 6.07) is 14.5. The maximum absolute atomic E-state index is 13.1. The van der Waals surface area contributed by atoms with Crippen LogP contribution in [0.15, 0.2) is 48.8 Å². The highest BCUT2D eigenvalue weighted by molar-refractivity contribution is 7.47. The summed E-state index contributed by atoms with van der Waals surface area (Å²) < 4.78 is 42.8. The second-order valence-electron chi connectivity index (χ2n) is 14.9. The molecule has 0 radical (unpaired) electrons. The Balaban J connectivity index is 1.01. The zero-order chi connectivity index (χ0) is 39.2. The lowest BCUT2D eigenvalue weighted by atomic mass is 9.90. The maximum Gasteiger partial charge on any atom is 0.472 e. The van der Waals surface area contributed by atoms with E-state index in [1.165, 1.54) is 100 Å². The standard InChI is InChI=1S/C40H60N5O9P/c1-2-3-4-5-6-7-8-9-10-11-12-13-14-15-16-20-25-50-27-32(51-26-31-21-18-17-19-22-31)28-52-55(48,49)54-36-35-40(36,47)38(46)39(29-41,53-35)34-24-23-33-37(42)43-30-44-45(33)34/h17-19,21-24,30,32,35-36,38,46-47H,2-16,20,25-28H2,1H3,(H,48,49)(H2,42,43,44)/t32-,35-,36?,38+,39+,40+/m1/s1. The molecule has 1 aromatic carbocycles. The zero-order valence-corrected chi connectivity index (χ0v) is 33.1. The summed E-state index contributed by atoms with van der Waals surface area (Å²) in [5.74, 6) is 0.141. The van der Waals surface area contributed by atoms with E-state index in [9.17, 15) is 24.9 Å². The molecule has 2 aromatic heterocycles. The summed E-state index contributed by atoms with van der Waals surface area (Å²) in [7, 11) is -4.81. The fraction of sp³-hybridized carbons (Fsp3) is 0.675. The third-order valence-electron chi connectivity index (χ3n) is 10.7. The quantitative estimate of drug-likeness (QED) is 0.0438. The first-order valence-electron chi connectivity index (χ1n) is 20.1. The van der Waals surface area contributed by atoms with Crippen LogP contribution in [0.5, 0.6) is 0 Å². The number of nitrogens with two attached hydrogens (primary N) is 1. The highest BCUT2D eigenvalue weighted by atomic mass is 31.2. The molecule has 15 heteroatoms. The first kappa shape index (κ1) is 43.2. The monoisotopic (exact) mass is 785 g/mol. The molecule has 55 heavy (non-hydrogen) atoms. The number of aromatic nitrogens is 3. The summed E-state index contributed by atoms with van der Waals surface area (Å²) in [5.41, 5.74) is 3.07. The molecular formula is C40H60N5O9P. The van der Waals surface area contributed by atoms with Gasteiger partial charge in [-0.3, -0.25) is 9.05 Å². The van der Waals surface area contributed by atoms with Gasteiger partial charge in [0.2, 0.25) is 5.60 Å². The lowest BCUT2D eigenvalue weighted by molar-refractivity contribution is -0.107. The molecular weight excluding hydrogens is 725 g/mol. The second-order valence-corrected chi connectivity index (χ2v) is 16.3. The molecule has 1 aliphatic heterocycles. The number of phosphoric ester groups is 1. The topological polar surface area (TPSA) is 204 Å². The van der Waals surface area contributed by atoms with Crippen molar-refractivity contribution in [3.05, 3.63) is 60.0 Å². The third-order valence-corrected chi connectivity index (χ3v) is 11.7. The average molecular weight is 786 g/mol. The first-order chi connectivity index (χ1) is 26.7. The lowest BCUT2D eigenvalue weighted by Gasteiger charge is -2.29. The van der Waals surface area contributed by atoms with E-state index in [-0.39, 0.29) is 31.3 Å². The van der Waals surface area contributed by atoms with Crippen LogP contribution in [0.1, 0.15) is 121 Å². The lowest BCUT2D eigenvalue weighted by Crippen LogP contribution is -2.47. The summed E-state index contributed by atoms with van der Waals surface area (Å²) >= 11 is 0. The van der Waals surface area contributed by atoms with Crippen LogP contribution in [0.3, 0.4) is 0 Å². The SMILES string of the molecule is CCCCCCCCCCCCCCCCCCOC[C@H](COP(=O)(O)OC1[C@H]2O[C@@](C#N)(c3ccc4c(N)ncnn34)[C@H](O)[C@@]12O)OCc1ccccc1. The van der Waals surface area contributed by atoms with Gasteiger partial charge in [0.15, 0.2) is 11.4 Å². The van der Waals surface area contributed by atoms with Crippen LogP contribution in [-0.2, 0) is 40.0 Å². The van der Waals surface area contributed by atoms with E-state index in [0.29, 0.717) is 12.1 Å². The van der Waals surface area contributed by atoms with Gasteiger partial charge >= 0.3 is 7.82 Å². The molecule has 0 spiro atoms. The van der Waals surface area contributed by atoms with Gasteiger partial charge in [-0.2, -0.15) is 10.4 Å². The molecule has 304 valence electrons. The number of ether oxygens (including phenoxy) is 3. The molecule has 5 N–H and O–H groups in total. The number of aliphatic hydroxyl groups excluding tert-OH is 1. The number of anilines is 1. The number of nitrogen functional groups attached to an aromatic ring is 1. The van der Waals surface area contributed by atoms with Gasteiger partial charge < -0.3 is 35.1 Å². The van der Waals surface area contributed by atoms with Crippen molar-refractivity contribution in [1.82, 2.24) is 14.6 Å². The van der Waals surface area contributed by atoms with Gasteiger partial charge in [-0.1, -0.05) is 134 Å². The van der Waals surface area contributed by atoms with Gasteiger partial charge in [-0.05, 0) is 24.1 Å². The van der Waals surface area contributed by atoms with Crippen molar-refractivity contribution in [2.75, 3.05) is 25.6 Å². The van der Waals surface area contributed by atoms with Gasteiger partial charge in [-0.15, -0.1) is 0 Å². The number of hydrogen-bond donors (Lipinski definition) is 4. The molecule has 3 aromatic rings. The Morgan fingerprint density at radius 2 is 1.56 bits per heavy atom. The Morgan fingerprint density at radius 3 is 2.15 bits per heavy atom. The van der Waals surface area contributed by atoms with Crippen LogP contribution in [0.2, 0.25) is 0 Å². The normalized spacial score (nSPS) is 24.7. The Hall–Kier alpha value is -2.96. The van der Waals surface area contributed by atoms with Crippen LogP contribution in [0.25, 0.3) is 5.52 Å². The van der Waals surface area contributed by atoms with Crippen molar-refractivity contribution in [1.29, 1.82) is 5.26 Å². The number of benzene rings is 1. The minimum Gasteiger partial charge on any atom is -0.385 e. The molecule has 14 nitrogen and oxygen atoms in total. The smallest absolute Gasteiger partial charge is 0.385 e. The third kappa shape index (κ3) is 11.3. The van der Waals surface area contributed by atoms with E-state index in [1.54, 1.807) is 6.07 Å². The van der Waals surface area contributed by atoms with Crippen molar-refractivity contribution in [3.63, 3.8) is 0 Å². The van der Waals surface area contributed by atoms with Gasteiger partial charge in [-0.25, -0.2) is 14.1 Å². The van der Waals surface area contributed by atoms with E-state index in [2.05, 4.69) is 17.0 Å². The van der Waals surface area contributed by atoms with Gasteiger partial charge in [0.1, 0.15) is 42.3 Å². The Kier molecular flexibility index (Phi) is 16.5. The van der Waals surface area contributed by atoms with Crippen LogP contribution >= 0.6 is 7.82 Å². The van der Waals surface area contributed by atoms with E-state index in [0.717, 1.165) is 24.8 Å². The Labute approximate surface area is 324 Å². The summed E-state index contributed by atoms with van der Waals surface area (Å²) in [6.45, 7) is 2.82. The number of aliphatic hydroxyl groups is 2. The Bertz CT molecular complexity index is 1690. The number of rotatable bonds is 28. The highest BCUT2D eigenvalue weighted by Crippen LogP contribution is 2.63. The summed E-state index contributed by atoms with van der Waals surface area (Å²) in [6.07, 6.45) is 16.5. The number of nitriles is 1. The number of hydrogen-bond acceptors (Lipinski definition) is 12. The highest BCUT2D eigenvalue weighted by Gasteiger charge is 2.83. The van der Waals surface area contributed by atoms with Crippen molar-refractivity contribution in [2.24, 2.45) is 0 Å². The van der Waals surface area contributed by atoms with Gasteiger partial charge in [0.25, 0.3) is 0 Å². The molecule has 7 atom stereocenters. The molecule has 0 amide bonds. The molecule has 2 fully saturated rings. The second kappa shape index (κ2) is 21.0. The largest absolute Gasteiger partial charge is 0.472 e. The fourth-order valence-corrected chi connectivity index (χ4v) is 8.34. The number of fused-ring (bicyclic) bond motifs is 2. The van der Waals surface area contributed by atoms with E-state index < -0.39 is 43.4 Å². The molecule has 3 heterocycles. The van der Waals surface area contributed by atoms with E-state index in [4.69, 9.17) is 29.0 Å². The maximum atomic E-state index is 13.1. The number of nitrogens with zero attached hydrogens (tertiary/aromatic N) is 4. The molecule has 0 bridgehead atoms. The van der Waals surface area contributed by atoms with E-state index in [1.807, 2.05) is 36.4 Å². The fourth-order valence-electron chi connectivity index (χ4n) is 7.36. The summed E-state index contributed by atoms with van der Waals surface area (Å²) in [4.78, 5) is 14.6. The first-order valence-corrected chi connectivity index (χ1v) is 21.6. The minimum absolute atomic E-state index is 0.104. The van der Waals surface area contributed by atoms with Crippen molar-refractivity contribution < 1.29 is 42.9 Å². The van der Waals surface area contributed by atoms with Gasteiger partial charge in [0, 0.05) is 6.61 Å². The predicted molar refractivity (Wildman–Crippen MR) is 207 cm³/mol. The van der Waals surface area contributed by atoms with Crippen LogP contribution in [-0.4, -0.2) is 79.5 Å². The zero-order valence-electron chi connectivity index (χ0n) is 32.2. The Morgan fingerprint density at radius 1 is 0.945 bits per heavy atom. The average Bonchev–Trinajstić information content (AvgIpc) is 3.42. The minimum atomic E-state index is -4.81. The molecule has 2 unspecified atom stereocenters. The number of unbranched alkanes of at least 4 members (excludes halogenated alkanes) is 15. The molecule has 1 aliphatic carbocycles. The molecule has 1 saturated heterocycles.